The highest BCUT2D eigenvalue weighted by molar-refractivity contribution is 5.79. The number of benzene rings is 1. The van der Waals surface area contributed by atoms with Crippen LogP contribution in [-0.4, -0.2) is 27.8 Å². The Bertz CT molecular complexity index is 1020. The van der Waals surface area contributed by atoms with Crippen molar-refractivity contribution in [2.45, 2.75) is 19.1 Å². The van der Waals surface area contributed by atoms with Crippen LogP contribution in [0.5, 0.6) is 5.75 Å². The Morgan fingerprint density at radius 2 is 1.96 bits per heavy atom. The molecule has 0 aliphatic rings. The Hall–Kier alpha value is -2.97. The number of hydrogen-bond acceptors (Lipinski definition) is 4. The fourth-order valence-corrected chi connectivity index (χ4v) is 2.54. The quantitative estimate of drug-likeness (QED) is 0.662. The van der Waals surface area contributed by atoms with Crippen LogP contribution in [0, 0.1) is 5.82 Å². The van der Waals surface area contributed by atoms with E-state index in [1.807, 2.05) is 0 Å². The van der Waals surface area contributed by atoms with E-state index in [4.69, 9.17) is 4.74 Å². The Morgan fingerprint density at radius 3 is 2.65 bits per heavy atom. The van der Waals surface area contributed by atoms with E-state index >= 15 is 0 Å². The number of alkyl halides is 3. The molecule has 0 fully saturated rings. The van der Waals surface area contributed by atoms with Crippen LogP contribution in [0.25, 0.3) is 22.3 Å². The molecule has 0 unspecified atom stereocenters. The van der Waals surface area contributed by atoms with E-state index in [1.54, 1.807) is 0 Å². The average molecular weight is 367 g/mol. The molecule has 0 radical (unpaired) electrons. The van der Waals surface area contributed by atoms with Gasteiger partial charge in [0.05, 0.1) is 31.1 Å². The molecule has 0 saturated carbocycles. The van der Waals surface area contributed by atoms with Crippen LogP contribution in [0.3, 0.4) is 0 Å². The van der Waals surface area contributed by atoms with E-state index < -0.39 is 24.0 Å². The number of halogens is 4. The van der Waals surface area contributed by atoms with Gasteiger partial charge >= 0.3 is 6.18 Å². The van der Waals surface area contributed by atoms with Gasteiger partial charge in [0.1, 0.15) is 11.6 Å². The van der Waals surface area contributed by atoms with Crippen LogP contribution < -0.4 is 10.3 Å². The van der Waals surface area contributed by atoms with Crippen LogP contribution in [0.2, 0.25) is 0 Å². The minimum atomic E-state index is -4.33. The molecule has 0 amide bonds. The van der Waals surface area contributed by atoms with Crippen molar-refractivity contribution in [2.75, 3.05) is 7.11 Å². The highest BCUT2D eigenvalue weighted by Gasteiger charge is 2.27. The lowest BCUT2D eigenvalue weighted by atomic mass is 10.1. The van der Waals surface area contributed by atoms with Gasteiger partial charge in [-0.3, -0.25) is 4.79 Å². The van der Waals surface area contributed by atoms with Gasteiger partial charge in [-0.15, -0.1) is 0 Å². The maximum Gasteiger partial charge on any atom is 0.390 e. The molecule has 1 aromatic carbocycles. The van der Waals surface area contributed by atoms with E-state index in [1.165, 1.54) is 42.0 Å². The summed E-state index contributed by atoms with van der Waals surface area (Å²) in [5.41, 5.74) is 0.270. The van der Waals surface area contributed by atoms with Crippen LogP contribution in [0.1, 0.15) is 6.42 Å². The third kappa shape index (κ3) is 3.66. The number of aromatic nitrogens is 3. The van der Waals surface area contributed by atoms with Crippen LogP contribution in [0.15, 0.2) is 41.5 Å². The maximum atomic E-state index is 13.3. The largest absolute Gasteiger partial charge is 0.496 e. The summed E-state index contributed by atoms with van der Waals surface area (Å²) < 4.78 is 57.1. The molecule has 2 heterocycles. The molecule has 0 aliphatic carbocycles. The van der Waals surface area contributed by atoms with E-state index in [0.29, 0.717) is 11.3 Å². The fraction of sp³-hybridized carbons (Fsp3) is 0.235. The highest BCUT2D eigenvalue weighted by Crippen LogP contribution is 2.30. The van der Waals surface area contributed by atoms with Gasteiger partial charge in [-0.25, -0.2) is 9.37 Å². The number of fused-ring (bicyclic) bond motifs is 1. The van der Waals surface area contributed by atoms with E-state index in [2.05, 4.69) is 9.97 Å². The molecule has 3 aromatic rings. The molecule has 9 heteroatoms. The minimum Gasteiger partial charge on any atom is -0.496 e. The lowest BCUT2D eigenvalue weighted by Gasteiger charge is -2.13. The zero-order chi connectivity index (χ0) is 18.9. The third-order valence-electron chi connectivity index (χ3n) is 3.78. The average Bonchev–Trinajstić information content (AvgIpc) is 2.60. The fourth-order valence-electron chi connectivity index (χ4n) is 2.54. The molecule has 0 N–H and O–H groups in total. The number of pyridine rings is 1. The van der Waals surface area contributed by atoms with Gasteiger partial charge in [-0.2, -0.15) is 18.2 Å². The van der Waals surface area contributed by atoms with Crippen molar-refractivity contribution in [3.63, 3.8) is 0 Å². The lowest BCUT2D eigenvalue weighted by Crippen LogP contribution is -2.17. The molecule has 3 rings (SSSR count). The predicted octanol–water partition coefficient (Wildman–Crippen LogP) is 3.56. The highest BCUT2D eigenvalue weighted by atomic mass is 19.4. The number of hydrogen-bond donors (Lipinski definition) is 0. The summed E-state index contributed by atoms with van der Waals surface area (Å²) in [5.74, 6) is -0.277. The topological polar surface area (TPSA) is 57.0 Å². The third-order valence-corrected chi connectivity index (χ3v) is 3.78. The molecular weight excluding hydrogens is 354 g/mol. The van der Waals surface area contributed by atoms with E-state index in [-0.39, 0.29) is 23.3 Å². The predicted molar refractivity (Wildman–Crippen MR) is 86.4 cm³/mol. The van der Waals surface area contributed by atoms with Gasteiger partial charge < -0.3 is 9.30 Å². The molecule has 0 saturated heterocycles. The van der Waals surface area contributed by atoms with Crippen molar-refractivity contribution in [3.05, 3.63) is 52.8 Å². The van der Waals surface area contributed by atoms with Gasteiger partial charge in [-0.05, 0) is 24.3 Å². The summed E-state index contributed by atoms with van der Waals surface area (Å²) in [5, 5.41) is 0. The van der Waals surface area contributed by atoms with Crippen LogP contribution in [-0.2, 0) is 6.54 Å². The Balaban J connectivity index is 2.10. The van der Waals surface area contributed by atoms with Crippen molar-refractivity contribution in [2.24, 2.45) is 0 Å². The molecule has 2 aromatic heterocycles. The summed E-state index contributed by atoms with van der Waals surface area (Å²) in [7, 11) is 1.37. The Morgan fingerprint density at radius 1 is 1.19 bits per heavy atom. The van der Waals surface area contributed by atoms with E-state index in [0.717, 1.165) is 6.33 Å². The minimum absolute atomic E-state index is 0.0708. The summed E-state index contributed by atoms with van der Waals surface area (Å²) in [4.78, 5) is 19.8. The Kier molecular flexibility index (Phi) is 4.62. The first-order valence-corrected chi connectivity index (χ1v) is 7.55. The zero-order valence-electron chi connectivity index (χ0n) is 13.5. The standard InChI is InChI=1S/C17H13F4N3O2/c1-26-14-8-10(18)2-3-11(14)12-4-5-13-15(23-12)16(25)22-9-24(13)7-6-17(19,20)21/h2-5,8-9H,6-7H2,1H3. The van der Waals surface area contributed by atoms with E-state index in [9.17, 15) is 22.4 Å². The van der Waals surface area contributed by atoms with Crippen molar-refractivity contribution >= 4 is 11.0 Å². The SMILES string of the molecule is COc1cc(F)ccc1-c1ccc2c(n1)c(=O)ncn2CCC(F)(F)F. The normalized spacial score (nSPS) is 11.7. The van der Waals surface area contributed by atoms with Crippen molar-refractivity contribution in [3.8, 4) is 17.0 Å². The second-order valence-corrected chi connectivity index (χ2v) is 5.52. The number of nitrogens with zero attached hydrogens (tertiary/aromatic N) is 3. The first-order valence-electron chi connectivity index (χ1n) is 7.55. The molecule has 136 valence electrons. The van der Waals surface area contributed by atoms with Crippen LogP contribution >= 0.6 is 0 Å². The molecular formula is C17H13F4N3O2. The van der Waals surface area contributed by atoms with Gasteiger partial charge in [0.2, 0.25) is 0 Å². The van der Waals surface area contributed by atoms with Crippen LogP contribution in [0.4, 0.5) is 17.6 Å². The first-order chi connectivity index (χ1) is 12.3. The smallest absolute Gasteiger partial charge is 0.390 e. The molecule has 0 bridgehead atoms. The van der Waals surface area contributed by atoms with Gasteiger partial charge in [0.25, 0.3) is 5.56 Å². The van der Waals surface area contributed by atoms with Gasteiger partial charge in [0, 0.05) is 18.2 Å². The first kappa shape index (κ1) is 17.8. The van der Waals surface area contributed by atoms with Crippen molar-refractivity contribution in [1.82, 2.24) is 14.5 Å². The van der Waals surface area contributed by atoms with Gasteiger partial charge in [0.15, 0.2) is 5.52 Å². The number of ether oxygens (including phenoxy) is 1. The summed E-state index contributed by atoms with van der Waals surface area (Å²) >= 11 is 0. The molecule has 0 aliphatic heterocycles. The van der Waals surface area contributed by atoms with Crippen molar-refractivity contribution in [1.29, 1.82) is 0 Å². The summed E-state index contributed by atoms with van der Waals surface area (Å²) in [6.07, 6.45) is -4.32. The number of rotatable bonds is 4. The second kappa shape index (κ2) is 6.74. The molecule has 0 atom stereocenters. The lowest BCUT2D eigenvalue weighted by molar-refractivity contribution is -0.136. The molecule has 5 nitrogen and oxygen atoms in total. The Labute approximate surface area is 144 Å². The molecule has 26 heavy (non-hydrogen) atoms. The van der Waals surface area contributed by atoms with Crippen molar-refractivity contribution < 1.29 is 22.3 Å². The monoisotopic (exact) mass is 367 g/mol. The number of aryl methyl sites for hydroxylation is 1. The number of methoxy groups -OCH3 is 1. The summed E-state index contributed by atoms with van der Waals surface area (Å²) in [6, 6.07) is 6.85. The van der Waals surface area contributed by atoms with Gasteiger partial charge in [-0.1, -0.05) is 0 Å². The molecule has 0 spiro atoms. The maximum absolute atomic E-state index is 13.3. The zero-order valence-corrected chi connectivity index (χ0v) is 13.5. The second-order valence-electron chi connectivity index (χ2n) is 5.52. The summed E-state index contributed by atoms with van der Waals surface area (Å²) in [6.45, 7) is -0.381.